The van der Waals surface area contributed by atoms with Crippen LogP contribution in [0.15, 0.2) is 47.6 Å². The van der Waals surface area contributed by atoms with Crippen LogP contribution in [0.25, 0.3) is 0 Å². The molecule has 0 fully saturated rings. The Hall–Kier alpha value is -1.37. The minimum absolute atomic E-state index is 0.0537. The van der Waals surface area contributed by atoms with Crippen LogP contribution in [-0.4, -0.2) is 36.5 Å². The quantitative estimate of drug-likeness (QED) is 0.844. The van der Waals surface area contributed by atoms with Crippen molar-refractivity contribution in [3.8, 4) is 0 Å². The zero-order valence-electron chi connectivity index (χ0n) is 11.7. The van der Waals surface area contributed by atoms with Crippen molar-refractivity contribution in [3.05, 3.63) is 47.7 Å². The molecule has 0 aliphatic rings. The van der Waals surface area contributed by atoms with Gasteiger partial charge in [-0.2, -0.15) is 5.10 Å². The van der Waals surface area contributed by atoms with Crippen molar-refractivity contribution in [1.82, 2.24) is 15.1 Å². The number of benzene rings is 1. The molecule has 5 nitrogen and oxygen atoms in total. The van der Waals surface area contributed by atoms with Crippen LogP contribution in [0.4, 0.5) is 0 Å². The second-order valence-corrected chi connectivity index (χ2v) is 7.40. The Balaban J connectivity index is 1.83. The summed E-state index contributed by atoms with van der Waals surface area (Å²) in [5, 5.41) is 7.83. The average Bonchev–Trinajstić information content (AvgIpc) is 2.91. The van der Waals surface area contributed by atoms with E-state index in [1.54, 1.807) is 18.3 Å². The molecule has 0 saturated heterocycles. The number of rotatable bonds is 7. The van der Waals surface area contributed by atoms with Gasteiger partial charge in [0, 0.05) is 30.0 Å². The van der Waals surface area contributed by atoms with E-state index in [2.05, 4.69) is 10.4 Å². The highest BCUT2D eigenvalue weighted by molar-refractivity contribution is 7.91. The van der Waals surface area contributed by atoms with Crippen molar-refractivity contribution in [2.45, 2.75) is 24.4 Å². The van der Waals surface area contributed by atoms with Gasteiger partial charge in [0.2, 0.25) is 0 Å². The lowest BCUT2D eigenvalue weighted by molar-refractivity contribution is 0.461. The lowest BCUT2D eigenvalue weighted by Gasteiger charge is -2.14. The first-order valence-corrected chi connectivity index (χ1v) is 8.69. The van der Waals surface area contributed by atoms with Crippen LogP contribution in [0, 0.1) is 0 Å². The fourth-order valence-electron chi connectivity index (χ4n) is 1.95. The molecule has 0 aliphatic heterocycles. The molecule has 0 radical (unpaired) electrons. The average molecular weight is 328 g/mol. The molecule has 0 aliphatic carbocycles. The van der Waals surface area contributed by atoms with Gasteiger partial charge in [-0.3, -0.25) is 4.68 Å². The highest BCUT2D eigenvalue weighted by atomic mass is 35.5. The third kappa shape index (κ3) is 4.84. The van der Waals surface area contributed by atoms with E-state index in [0.717, 1.165) is 0 Å². The fourth-order valence-corrected chi connectivity index (χ4v) is 3.25. The van der Waals surface area contributed by atoms with Gasteiger partial charge in [0.15, 0.2) is 9.84 Å². The van der Waals surface area contributed by atoms with E-state index in [0.29, 0.717) is 23.0 Å². The second-order valence-electron chi connectivity index (χ2n) is 4.86. The summed E-state index contributed by atoms with van der Waals surface area (Å²) in [6.07, 6.45) is 3.60. The van der Waals surface area contributed by atoms with Gasteiger partial charge in [-0.05, 0) is 37.3 Å². The number of hydrogen-bond donors (Lipinski definition) is 1. The topological polar surface area (TPSA) is 64.0 Å². The summed E-state index contributed by atoms with van der Waals surface area (Å²) in [5.74, 6) is 0.0537. The highest BCUT2D eigenvalue weighted by Crippen LogP contribution is 2.15. The summed E-state index contributed by atoms with van der Waals surface area (Å²) in [5.41, 5.74) is 0. The molecule has 7 heteroatoms. The van der Waals surface area contributed by atoms with Crippen LogP contribution in [0.2, 0.25) is 5.02 Å². The number of sulfone groups is 1. The van der Waals surface area contributed by atoms with Gasteiger partial charge in [0.25, 0.3) is 0 Å². The van der Waals surface area contributed by atoms with Crippen LogP contribution in [-0.2, 0) is 16.4 Å². The molecule has 2 aromatic rings. The first kappa shape index (κ1) is 16.0. The number of halogens is 1. The first-order valence-electron chi connectivity index (χ1n) is 6.66. The van der Waals surface area contributed by atoms with Gasteiger partial charge in [0.05, 0.1) is 17.2 Å². The number of hydrogen-bond acceptors (Lipinski definition) is 4. The van der Waals surface area contributed by atoms with E-state index in [4.69, 9.17) is 11.6 Å². The third-order valence-electron chi connectivity index (χ3n) is 3.06. The largest absolute Gasteiger partial charge is 0.311 e. The predicted octanol–water partition coefficient (Wildman–Crippen LogP) is 1.99. The smallest absolute Gasteiger partial charge is 0.179 e. The zero-order chi connectivity index (χ0) is 15.3. The number of aromatic nitrogens is 2. The lowest BCUT2D eigenvalue weighted by atomic mass is 10.3. The van der Waals surface area contributed by atoms with Gasteiger partial charge < -0.3 is 5.32 Å². The fraction of sp³-hybridized carbons (Fsp3) is 0.357. The van der Waals surface area contributed by atoms with E-state index < -0.39 is 9.84 Å². The summed E-state index contributed by atoms with van der Waals surface area (Å²) < 4.78 is 26.1. The van der Waals surface area contributed by atoms with E-state index in [9.17, 15) is 8.42 Å². The molecule has 114 valence electrons. The van der Waals surface area contributed by atoms with Crippen LogP contribution in [0.3, 0.4) is 0 Å². The van der Waals surface area contributed by atoms with E-state index >= 15 is 0 Å². The van der Waals surface area contributed by atoms with Gasteiger partial charge in [0.1, 0.15) is 0 Å². The molecule has 1 aromatic heterocycles. The van der Waals surface area contributed by atoms with E-state index in [-0.39, 0.29) is 11.8 Å². The second kappa shape index (κ2) is 7.06. The van der Waals surface area contributed by atoms with Crippen LogP contribution >= 0.6 is 11.6 Å². The van der Waals surface area contributed by atoms with Crippen molar-refractivity contribution in [2.24, 2.45) is 0 Å². The Morgan fingerprint density at radius 2 is 2.05 bits per heavy atom. The first-order chi connectivity index (χ1) is 9.97. The Labute approximate surface area is 129 Å². The van der Waals surface area contributed by atoms with Crippen LogP contribution in [0.1, 0.15) is 6.92 Å². The minimum atomic E-state index is -3.28. The van der Waals surface area contributed by atoms with Gasteiger partial charge in [-0.15, -0.1) is 0 Å². The highest BCUT2D eigenvalue weighted by Gasteiger charge is 2.14. The van der Waals surface area contributed by atoms with Crippen molar-refractivity contribution >= 4 is 21.4 Å². The van der Waals surface area contributed by atoms with E-state index in [1.807, 2.05) is 23.9 Å². The molecule has 1 aromatic carbocycles. The van der Waals surface area contributed by atoms with Gasteiger partial charge in [-0.1, -0.05) is 11.6 Å². The minimum Gasteiger partial charge on any atom is -0.311 e. The Morgan fingerprint density at radius 1 is 1.33 bits per heavy atom. The molecule has 0 amide bonds. The molecular weight excluding hydrogens is 310 g/mol. The summed E-state index contributed by atoms with van der Waals surface area (Å²) >= 11 is 5.76. The standard InChI is InChI=1S/C14H18ClN3O2S/c1-12(11-18-9-2-7-17-18)16-8-10-21(19,20)14-5-3-13(15)4-6-14/h2-7,9,12,16H,8,10-11H2,1H3. The van der Waals surface area contributed by atoms with Crippen LogP contribution < -0.4 is 5.32 Å². The Morgan fingerprint density at radius 3 is 2.67 bits per heavy atom. The predicted molar refractivity (Wildman–Crippen MR) is 83.2 cm³/mol. The number of nitrogens with one attached hydrogen (secondary N) is 1. The van der Waals surface area contributed by atoms with Crippen molar-refractivity contribution in [2.75, 3.05) is 12.3 Å². The normalized spacial score (nSPS) is 13.2. The molecule has 1 heterocycles. The molecule has 2 rings (SSSR count). The molecule has 0 bridgehead atoms. The zero-order valence-corrected chi connectivity index (χ0v) is 13.3. The van der Waals surface area contributed by atoms with Crippen molar-refractivity contribution < 1.29 is 8.42 Å². The molecule has 1 N–H and O–H groups in total. The van der Waals surface area contributed by atoms with E-state index in [1.165, 1.54) is 12.1 Å². The summed E-state index contributed by atoms with van der Waals surface area (Å²) in [6.45, 7) is 3.10. The summed E-state index contributed by atoms with van der Waals surface area (Å²) in [6, 6.07) is 8.24. The maximum absolute atomic E-state index is 12.1. The maximum atomic E-state index is 12.1. The van der Waals surface area contributed by atoms with Gasteiger partial charge in [-0.25, -0.2) is 8.42 Å². The SMILES string of the molecule is CC(Cn1cccn1)NCCS(=O)(=O)c1ccc(Cl)cc1. The van der Waals surface area contributed by atoms with Crippen molar-refractivity contribution in [1.29, 1.82) is 0 Å². The third-order valence-corrected chi connectivity index (χ3v) is 5.04. The summed E-state index contributed by atoms with van der Waals surface area (Å²) in [4.78, 5) is 0.299. The Bertz CT molecular complexity index is 654. The lowest BCUT2D eigenvalue weighted by Crippen LogP contribution is -2.34. The molecule has 1 atom stereocenters. The molecule has 0 spiro atoms. The molecular formula is C14H18ClN3O2S. The van der Waals surface area contributed by atoms with Crippen molar-refractivity contribution in [3.63, 3.8) is 0 Å². The van der Waals surface area contributed by atoms with Gasteiger partial charge >= 0.3 is 0 Å². The summed E-state index contributed by atoms with van der Waals surface area (Å²) in [7, 11) is -3.28. The maximum Gasteiger partial charge on any atom is 0.179 e. The number of nitrogens with zero attached hydrogens (tertiary/aromatic N) is 2. The Kier molecular flexibility index (Phi) is 5.39. The van der Waals surface area contributed by atoms with Crippen LogP contribution in [0.5, 0.6) is 0 Å². The molecule has 1 unspecified atom stereocenters. The molecule has 21 heavy (non-hydrogen) atoms. The molecule has 0 saturated carbocycles. The monoisotopic (exact) mass is 327 g/mol.